The summed E-state index contributed by atoms with van der Waals surface area (Å²) in [5.74, 6) is -2.17. The molecule has 0 radical (unpaired) electrons. The van der Waals surface area contributed by atoms with E-state index in [1.807, 2.05) is 4.98 Å². The van der Waals surface area contributed by atoms with E-state index >= 15 is 0 Å². The maximum Gasteiger partial charge on any atom is 0.269 e. The van der Waals surface area contributed by atoms with Gasteiger partial charge in [-0.05, 0) is 0 Å². The molecule has 76 valence electrons. The Balaban J connectivity index is 3.48. The first kappa shape index (κ1) is 10.2. The molecule has 0 saturated carbocycles. The van der Waals surface area contributed by atoms with Crippen LogP contribution in [0.1, 0.15) is 22.5 Å². The minimum atomic E-state index is -3.05. The molecule has 4 N–H and O–H groups in total. The van der Waals surface area contributed by atoms with Crippen molar-refractivity contribution < 1.29 is 18.7 Å². The van der Waals surface area contributed by atoms with E-state index in [0.29, 0.717) is 6.07 Å². The smallest absolute Gasteiger partial charge is 0.269 e. The zero-order chi connectivity index (χ0) is 10.9. The molecule has 0 bridgehead atoms. The van der Waals surface area contributed by atoms with Crippen LogP contribution in [-0.4, -0.2) is 16.0 Å². The van der Waals surface area contributed by atoms with E-state index in [-0.39, 0.29) is 0 Å². The number of carbonyl (C=O) groups excluding carboxylic acids is 1. The van der Waals surface area contributed by atoms with Crippen molar-refractivity contribution in [2.75, 3.05) is 0 Å². The molecule has 0 atom stereocenters. The van der Waals surface area contributed by atoms with Crippen LogP contribution < -0.4 is 11.3 Å². The number of aromatic hydroxyl groups is 1. The van der Waals surface area contributed by atoms with E-state index in [1.165, 1.54) is 0 Å². The number of aromatic amines is 1. The summed E-state index contributed by atoms with van der Waals surface area (Å²) in [7, 11) is 0. The number of nitrogens with two attached hydrogens (primary N) is 1. The fraction of sp³-hybridized carbons (Fsp3) is 0.143. The number of H-pyrrole nitrogens is 1. The van der Waals surface area contributed by atoms with Gasteiger partial charge in [0.2, 0.25) is 5.56 Å². The van der Waals surface area contributed by atoms with Crippen molar-refractivity contribution in [1.82, 2.24) is 4.98 Å². The molecule has 5 nitrogen and oxygen atoms in total. The van der Waals surface area contributed by atoms with Gasteiger partial charge in [0, 0.05) is 6.07 Å². The number of pyridine rings is 1. The molecule has 0 aromatic carbocycles. The van der Waals surface area contributed by atoms with Crippen molar-refractivity contribution in [3.05, 3.63) is 27.7 Å². The molecular formula is C7H6F2N2O3. The van der Waals surface area contributed by atoms with Crippen molar-refractivity contribution in [2.45, 2.75) is 6.43 Å². The summed E-state index contributed by atoms with van der Waals surface area (Å²) in [5, 5.41) is 9.10. The van der Waals surface area contributed by atoms with E-state index in [9.17, 15) is 18.4 Å². The van der Waals surface area contributed by atoms with E-state index < -0.39 is 34.9 Å². The quantitative estimate of drug-likeness (QED) is 0.638. The maximum atomic E-state index is 12.2. The van der Waals surface area contributed by atoms with Crippen LogP contribution in [0.15, 0.2) is 10.9 Å². The van der Waals surface area contributed by atoms with Crippen molar-refractivity contribution in [3.8, 4) is 5.75 Å². The van der Waals surface area contributed by atoms with Crippen LogP contribution in [-0.2, 0) is 0 Å². The summed E-state index contributed by atoms with van der Waals surface area (Å²) in [4.78, 5) is 23.2. The molecule has 14 heavy (non-hydrogen) atoms. The van der Waals surface area contributed by atoms with Crippen molar-refractivity contribution >= 4 is 5.91 Å². The SMILES string of the molecule is NC(=O)c1[nH]c(=O)cc(C(F)F)c1O. The third-order valence-corrected chi connectivity index (χ3v) is 1.53. The highest BCUT2D eigenvalue weighted by Crippen LogP contribution is 2.28. The molecule has 0 aliphatic rings. The molecular weight excluding hydrogens is 198 g/mol. The number of primary amides is 1. The van der Waals surface area contributed by atoms with E-state index in [0.717, 1.165) is 0 Å². The highest BCUT2D eigenvalue weighted by atomic mass is 19.3. The summed E-state index contributed by atoms with van der Waals surface area (Å²) in [6.07, 6.45) is -3.05. The Labute approximate surface area is 76.2 Å². The van der Waals surface area contributed by atoms with Gasteiger partial charge in [0.1, 0.15) is 5.69 Å². The van der Waals surface area contributed by atoms with Gasteiger partial charge in [0.05, 0.1) is 5.56 Å². The average molecular weight is 204 g/mol. The van der Waals surface area contributed by atoms with Gasteiger partial charge >= 0.3 is 0 Å². The molecule has 1 aromatic heterocycles. The van der Waals surface area contributed by atoms with Crippen molar-refractivity contribution in [3.63, 3.8) is 0 Å². The summed E-state index contributed by atoms with van der Waals surface area (Å²) >= 11 is 0. The van der Waals surface area contributed by atoms with Gasteiger partial charge in [0.15, 0.2) is 5.75 Å². The zero-order valence-corrected chi connectivity index (χ0v) is 6.75. The van der Waals surface area contributed by atoms with Crippen molar-refractivity contribution in [2.24, 2.45) is 5.73 Å². The molecule has 1 rings (SSSR count). The van der Waals surface area contributed by atoms with Gasteiger partial charge in [0.25, 0.3) is 12.3 Å². The Bertz CT molecular complexity index is 427. The van der Waals surface area contributed by atoms with Gasteiger partial charge in [-0.2, -0.15) is 0 Å². The van der Waals surface area contributed by atoms with Crippen LogP contribution in [0.25, 0.3) is 0 Å². The van der Waals surface area contributed by atoms with Crippen LogP contribution >= 0.6 is 0 Å². The van der Waals surface area contributed by atoms with E-state index in [4.69, 9.17) is 10.8 Å². The normalized spacial score (nSPS) is 10.5. The van der Waals surface area contributed by atoms with Crippen LogP contribution in [0.4, 0.5) is 8.78 Å². The van der Waals surface area contributed by atoms with Gasteiger partial charge < -0.3 is 15.8 Å². The minimum Gasteiger partial charge on any atom is -0.505 e. The predicted octanol–water partition coefficient (Wildman–Crippen LogP) is 0.117. The second kappa shape index (κ2) is 3.44. The Hall–Kier alpha value is -1.92. The number of hydrogen-bond acceptors (Lipinski definition) is 3. The molecule has 0 unspecified atom stereocenters. The number of halogens is 2. The lowest BCUT2D eigenvalue weighted by molar-refractivity contribution is 0.0990. The van der Waals surface area contributed by atoms with Gasteiger partial charge in [-0.15, -0.1) is 0 Å². The summed E-state index contributed by atoms with van der Waals surface area (Å²) < 4.78 is 24.4. The zero-order valence-electron chi connectivity index (χ0n) is 6.75. The second-order valence-corrected chi connectivity index (χ2v) is 2.48. The molecule has 0 aliphatic heterocycles. The summed E-state index contributed by atoms with van der Waals surface area (Å²) in [6.45, 7) is 0. The first-order chi connectivity index (χ1) is 6.43. The number of nitrogens with one attached hydrogen (secondary N) is 1. The van der Waals surface area contributed by atoms with Gasteiger partial charge in [-0.25, -0.2) is 8.78 Å². The number of hydrogen-bond donors (Lipinski definition) is 3. The lowest BCUT2D eigenvalue weighted by Crippen LogP contribution is -2.19. The Kier molecular flexibility index (Phi) is 2.50. The largest absolute Gasteiger partial charge is 0.505 e. The molecule has 1 aromatic rings. The van der Waals surface area contributed by atoms with Crippen LogP contribution in [0, 0.1) is 0 Å². The lowest BCUT2D eigenvalue weighted by atomic mass is 10.2. The first-order valence-corrected chi connectivity index (χ1v) is 3.47. The summed E-state index contributed by atoms with van der Waals surface area (Å²) in [5.41, 5.74) is 2.19. The monoisotopic (exact) mass is 204 g/mol. The van der Waals surface area contributed by atoms with E-state index in [1.54, 1.807) is 0 Å². The maximum absolute atomic E-state index is 12.2. The highest BCUT2D eigenvalue weighted by molar-refractivity contribution is 5.93. The molecule has 7 heteroatoms. The summed E-state index contributed by atoms with van der Waals surface area (Å²) in [6, 6.07) is 0.506. The molecule has 1 amide bonds. The van der Waals surface area contributed by atoms with E-state index in [2.05, 4.69) is 0 Å². The van der Waals surface area contributed by atoms with Crippen LogP contribution in [0.5, 0.6) is 5.75 Å². The fourth-order valence-electron chi connectivity index (χ4n) is 0.917. The Morgan fingerprint density at radius 2 is 2.14 bits per heavy atom. The minimum absolute atomic E-state index is 0.506. The predicted molar refractivity (Wildman–Crippen MR) is 42.2 cm³/mol. The number of alkyl halides is 2. The number of carbonyl (C=O) groups is 1. The third kappa shape index (κ3) is 1.70. The molecule has 0 saturated heterocycles. The van der Waals surface area contributed by atoms with Crippen molar-refractivity contribution in [1.29, 1.82) is 0 Å². The van der Waals surface area contributed by atoms with Gasteiger partial charge in [-0.1, -0.05) is 0 Å². The molecule has 0 fully saturated rings. The molecule has 0 aliphatic carbocycles. The Morgan fingerprint density at radius 3 is 2.57 bits per heavy atom. The molecule has 1 heterocycles. The fourth-order valence-corrected chi connectivity index (χ4v) is 0.917. The Morgan fingerprint density at radius 1 is 1.57 bits per heavy atom. The third-order valence-electron chi connectivity index (χ3n) is 1.53. The number of rotatable bonds is 2. The average Bonchev–Trinajstić information content (AvgIpc) is 2.07. The topological polar surface area (TPSA) is 96.2 Å². The van der Waals surface area contributed by atoms with Crippen LogP contribution in [0.2, 0.25) is 0 Å². The second-order valence-electron chi connectivity index (χ2n) is 2.48. The van der Waals surface area contributed by atoms with Crippen LogP contribution in [0.3, 0.4) is 0 Å². The number of amides is 1. The van der Waals surface area contributed by atoms with Gasteiger partial charge in [-0.3, -0.25) is 9.59 Å². The lowest BCUT2D eigenvalue weighted by Gasteiger charge is -2.05. The highest BCUT2D eigenvalue weighted by Gasteiger charge is 2.19. The molecule has 0 spiro atoms. The standard InChI is InChI=1S/C7H6F2N2O3/c8-6(9)2-1-3(12)11-4(5(2)13)7(10)14/h1,6,13H,(H2,10,14)(H,11,12). The first-order valence-electron chi connectivity index (χ1n) is 3.47. The number of aromatic nitrogens is 1.